The van der Waals surface area contributed by atoms with Crippen molar-refractivity contribution in [1.82, 2.24) is 10.3 Å². The highest BCUT2D eigenvalue weighted by Crippen LogP contribution is 2.19. The summed E-state index contributed by atoms with van der Waals surface area (Å²) in [6.07, 6.45) is -4.09. The van der Waals surface area contributed by atoms with E-state index in [1.165, 1.54) is 0 Å². The Morgan fingerprint density at radius 1 is 0.897 bits per heavy atom. The number of nitrogens with zero attached hydrogens (tertiary/aromatic N) is 1. The van der Waals surface area contributed by atoms with E-state index in [2.05, 4.69) is 10.3 Å². The number of carboxylic acids is 2. The molecule has 0 saturated heterocycles. The van der Waals surface area contributed by atoms with Gasteiger partial charge in [0.05, 0.1) is 12.5 Å². The molecule has 3 aromatic carbocycles. The van der Waals surface area contributed by atoms with Gasteiger partial charge in [-0.2, -0.15) is 13.2 Å². The van der Waals surface area contributed by atoms with Gasteiger partial charge < -0.3 is 24.7 Å². The minimum Gasteiger partial charge on any atom is -0.492 e. The molecule has 1 aromatic heterocycles. The van der Waals surface area contributed by atoms with Crippen molar-refractivity contribution >= 4 is 23.0 Å². The monoisotopic (exact) mass is 544 g/mol. The first-order chi connectivity index (χ1) is 18.6. The Morgan fingerprint density at radius 3 is 2.08 bits per heavy atom. The third-order valence-electron chi connectivity index (χ3n) is 5.48. The van der Waals surface area contributed by atoms with Gasteiger partial charge >= 0.3 is 18.1 Å². The molecule has 11 heteroatoms. The maximum absolute atomic E-state index is 11.7. The fraction of sp³-hybridized carbons (Fsp3) is 0.250. The number of halogens is 3. The molecule has 206 valence electrons. The van der Waals surface area contributed by atoms with Crippen molar-refractivity contribution in [3.8, 4) is 5.75 Å². The van der Waals surface area contributed by atoms with E-state index >= 15 is 0 Å². The van der Waals surface area contributed by atoms with Gasteiger partial charge in [-0.25, -0.2) is 9.78 Å². The van der Waals surface area contributed by atoms with Crippen molar-refractivity contribution in [1.29, 1.82) is 0 Å². The molecule has 0 aliphatic rings. The number of para-hydroxylation sites is 2. The maximum Gasteiger partial charge on any atom is 0.490 e. The van der Waals surface area contributed by atoms with Crippen molar-refractivity contribution in [3.63, 3.8) is 0 Å². The van der Waals surface area contributed by atoms with E-state index in [4.69, 9.17) is 19.1 Å². The lowest BCUT2D eigenvalue weighted by atomic mass is 9.92. The van der Waals surface area contributed by atoms with E-state index in [1.54, 1.807) is 0 Å². The van der Waals surface area contributed by atoms with Crippen molar-refractivity contribution in [2.45, 2.75) is 25.6 Å². The van der Waals surface area contributed by atoms with Crippen LogP contribution in [0.1, 0.15) is 17.0 Å². The first-order valence-electron chi connectivity index (χ1n) is 12.0. The number of ether oxygens (including phenoxy) is 1. The normalized spacial score (nSPS) is 11.9. The van der Waals surface area contributed by atoms with Crippen LogP contribution in [0.3, 0.4) is 0 Å². The number of benzene rings is 3. The van der Waals surface area contributed by atoms with E-state index in [0.717, 1.165) is 28.0 Å². The van der Waals surface area contributed by atoms with Crippen LogP contribution in [0.25, 0.3) is 11.1 Å². The highest BCUT2D eigenvalue weighted by molar-refractivity contribution is 5.73. The second kappa shape index (κ2) is 14.0. The number of hydrogen-bond donors (Lipinski definition) is 3. The SMILES string of the molecule is O=C(O)C(Cc1ccccc1)Cc1ccc(OCCNCc2nc3ccccc3o2)cc1.O=C(O)C(F)(F)F. The molecule has 0 amide bonds. The Balaban J connectivity index is 0.000000532. The van der Waals surface area contributed by atoms with Crippen molar-refractivity contribution in [3.05, 3.63) is 95.9 Å². The molecule has 0 bridgehead atoms. The first-order valence-corrected chi connectivity index (χ1v) is 12.0. The van der Waals surface area contributed by atoms with Gasteiger partial charge in [0.1, 0.15) is 17.9 Å². The number of fused-ring (bicyclic) bond motifs is 1. The smallest absolute Gasteiger partial charge is 0.490 e. The number of oxazole rings is 1. The molecular weight excluding hydrogens is 517 g/mol. The lowest BCUT2D eigenvalue weighted by molar-refractivity contribution is -0.192. The van der Waals surface area contributed by atoms with E-state index in [0.29, 0.717) is 38.4 Å². The second-order valence-electron chi connectivity index (χ2n) is 8.48. The maximum atomic E-state index is 11.7. The van der Waals surface area contributed by atoms with Crippen LogP contribution in [0.2, 0.25) is 0 Å². The zero-order valence-corrected chi connectivity index (χ0v) is 20.7. The molecule has 0 fully saturated rings. The van der Waals surface area contributed by atoms with Crippen LogP contribution in [0.5, 0.6) is 5.75 Å². The Hall–Kier alpha value is -4.38. The van der Waals surface area contributed by atoms with E-state index < -0.39 is 24.0 Å². The molecule has 1 heterocycles. The summed E-state index contributed by atoms with van der Waals surface area (Å²) in [4.78, 5) is 25.0. The number of hydrogen-bond acceptors (Lipinski definition) is 6. The van der Waals surface area contributed by atoms with E-state index in [1.807, 2.05) is 78.9 Å². The summed E-state index contributed by atoms with van der Waals surface area (Å²) in [7, 11) is 0. The molecule has 0 aliphatic heterocycles. The summed E-state index contributed by atoms with van der Waals surface area (Å²) in [6, 6.07) is 25.1. The van der Waals surface area contributed by atoms with Crippen LogP contribution in [0.4, 0.5) is 13.2 Å². The number of aliphatic carboxylic acids is 2. The van der Waals surface area contributed by atoms with Crippen LogP contribution < -0.4 is 10.1 Å². The fourth-order valence-electron chi connectivity index (χ4n) is 3.58. The number of aromatic nitrogens is 1. The lowest BCUT2D eigenvalue weighted by Gasteiger charge is -2.13. The predicted octanol–water partition coefficient (Wildman–Crippen LogP) is 5.12. The minimum atomic E-state index is -5.08. The largest absolute Gasteiger partial charge is 0.492 e. The molecule has 0 saturated carbocycles. The highest BCUT2D eigenvalue weighted by atomic mass is 19.4. The highest BCUT2D eigenvalue weighted by Gasteiger charge is 2.38. The van der Waals surface area contributed by atoms with Crippen molar-refractivity contribution in [2.75, 3.05) is 13.2 Å². The van der Waals surface area contributed by atoms with Gasteiger partial charge in [0, 0.05) is 6.54 Å². The Bertz CT molecular complexity index is 1310. The third-order valence-corrected chi connectivity index (χ3v) is 5.48. The number of rotatable bonds is 11. The molecule has 4 rings (SSSR count). The molecule has 0 radical (unpaired) electrons. The van der Waals surface area contributed by atoms with Crippen molar-refractivity contribution < 1.29 is 42.1 Å². The first kappa shape index (κ1) is 29.2. The average molecular weight is 545 g/mol. The van der Waals surface area contributed by atoms with Crippen LogP contribution in [0.15, 0.2) is 83.3 Å². The van der Waals surface area contributed by atoms with Crippen LogP contribution in [0, 0.1) is 5.92 Å². The van der Waals surface area contributed by atoms with Gasteiger partial charge in [-0.1, -0.05) is 54.6 Å². The topological polar surface area (TPSA) is 122 Å². The molecule has 1 atom stereocenters. The van der Waals surface area contributed by atoms with Crippen LogP contribution >= 0.6 is 0 Å². The number of alkyl halides is 3. The quantitative estimate of drug-likeness (QED) is 0.223. The molecule has 0 aliphatic carbocycles. The molecule has 3 N–H and O–H groups in total. The summed E-state index contributed by atoms with van der Waals surface area (Å²) >= 11 is 0. The second-order valence-corrected chi connectivity index (χ2v) is 8.48. The summed E-state index contributed by atoms with van der Waals surface area (Å²) in [5, 5.41) is 20.0. The predicted molar refractivity (Wildman–Crippen MR) is 136 cm³/mol. The minimum absolute atomic E-state index is 0.458. The molecule has 1 unspecified atom stereocenters. The van der Waals surface area contributed by atoms with Gasteiger partial charge in [-0.15, -0.1) is 0 Å². The number of nitrogens with one attached hydrogen (secondary N) is 1. The Kier molecular flexibility index (Phi) is 10.4. The van der Waals surface area contributed by atoms with Crippen molar-refractivity contribution in [2.24, 2.45) is 5.92 Å². The van der Waals surface area contributed by atoms with Gasteiger partial charge in [0.25, 0.3) is 0 Å². The Labute approximate surface area is 222 Å². The summed E-state index contributed by atoms with van der Waals surface area (Å²) in [5.74, 6) is -2.58. The molecule has 4 aromatic rings. The molecular formula is C28H27F3N2O6. The average Bonchev–Trinajstić information content (AvgIpc) is 3.32. The molecule has 8 nitrogen and oxygen atoms in total. The van der Waals surface area contributed by atoms with E-state index in [-0.39, 0.29) is 0 Å². The third kappa shape index (κ3) is 9.78. The zero-order chi connectivity index (χ0) is 28.3. The van der Waals surface area contributed by atoms with Gasteiger partial charge in [-0.05, 0) is 48.2 Å². The van der Waals surface area contributed by atoms with Crippen LogP contribution in [-0.2, 0) is 29.0 Å². The fourth-order valence-corrected chi connectivity index (χ4v) is 3.58. The summed E-state index contributed by atoms with van der Waals surface area (Å²) in [6.45, 7) is 1.69. The summed E-state index contributed by atoms with van der Waals surface area (Å²) in [5.41, 5.74) is 3.66. The molecule has 0 spiro atoms. The van der Waals surface area contributed by atoms with Gasteiger partial charge in [0.15, 0.2) is 5.58 Å². The Morgan fingerprint density at radius 2 is 1.49 bits per heavy atom. The summed E-state index contributed by atoms with van der Waals surface area (Å²) < 4.78 is 43.2. The number of carboxylic acid groups (broad SMARTS) is 2. The molecule has 39 heavy (non-hydrogen) atoms. The standard InChI is InChI=1S/C26H26N2O4.C2HF3O2/c29-26(30)21(16-19-6-2-1-3-7-19)17-20-10-12-22(13-11-20)31-15-14-27-18-25-28-23-8-4-5-9-24(23)32-25;3-2(4,5)1(6)7/h1-13,21,27H,14-18H2,(H,29,30);(H,6,7). The van der Waals surface area contributed by atoms with Crippen LogP contribution in [-0.4, -0.2) is 46.5 Å². The van der Waals surface area contributed by atoms with E-state index in [9.17, 15) is 23.1 Å². The lowest BCUT2D eigenvalue weighted by Crippen LogP contribution is -2.21. The zero-order valence-electron chi connectivity index (χ0n) is 20.7. The van der Waals surface area contributed by atoms with Gasteiger partial charge in [-0.3, -0.25) is 4.79 Å². The van der Waals surface area contributed by atoms with Gasteiger partial charge in [0.2, 0.25) is 5.89 Å². The number of carbonyl (C=O) groups is 2.